The molecule has 10 nitrogen and oxygen atoms in total. The minimum Gasteiger partial charge on any atom is -0.872 e. The maximum Gasteiger partial charge on any atom is 0.296 e. The molecule has 0 atom stereocenters. The van der Waals surface area contributed by atoms with Gasteiger partial charge in [0.15, 0.2) is 29.4 Å². The van der Waals surface area contributed by atoms with Crippen LogP contribution in [-0.2, 0) is 13.6 Å². The Kier molecular flexibility index (Phi) is 15.2. The first-order chi connectivity index (χ1) is 38.0. The lowest BCUT2D eigenvalue weighted by atomic mass is 10.0. The Bertz CT molecular complexity index is 3970. The minimum atomic E-state index is -0.129. The molecule has 0 bridgehead atoms. The number of ether oxygens (including phenoxy) is 2. The van der Waals surface area contributed by atoms with Crippen molar-refractivity contribution in [2.45, 2.75) is 20.4 Å². The van der Waals surface area contributed by atoms with Crippen LogP contribution in [-0.4, -0.2) is 26.9 Å². The zero-order valence-corrected chi connectivity index (χ0v) is 43.5. The molecule has 6 aromatic carbocycles. The van der Waals surface area contributed by atoms with Crippen molar-refractivity contribution >= 4 is 51.6 Å². The number of Topliss-reactive ketones (excluding diaryl/α,β-unsaturated/α-hetero) is 1. The number of hydrogen-bond acceptors (Lipinski definition) is 7. The van der Waals surface area contributed by atoms with Crippen LogP contribution < -0.4 is 34.0 Å². The van der Waals surface area contributed by atoms with Gasteiger partial charge in [0, 0.05) is 70.7 Å². The average Bonchev–Trinajstić information content (AvgIpc) is 4.28. The van der Waals surface area contributed by atoms with Gasteiger partial charge in [-0.3, -0.25) is 9.78 Å². The SMILES string of the molecule is C=C([O-])c1ccccc1.C=C([O-])c1ccccc1.Cc1c(-c2ccccc2)c(=Cc2ccc3c(c2)OCO3)c2c3nc(C)[n+](C)c3ccn12.O=C(C[n+]1ccc(C=C2c3ccccc3-c3ncccc32)cc1)c1ccccc1. The molecule has 5 aromatic heterocycles. The molecule has 0 amide bonds. The van der Waals surface area contributed by atoms with E-state index in [4.69, 9.17) is 14.5 Å². The van der Waals surface area contributed by atoms with Crippen LogP contribution in [0.3, 0.4) is 0 Å². The lowest BCUT2D eigenvalue weighted by molar-refractivity contribution is -0.683. The van der Waals surface area contributed by atoms with E-state index in [2.05, 4.69) is 132 Å². The number of imidazole rings is 1. The smallest absolute Gasteiger partial charge is 0.296 e. The number of fused-ring (bicyclic) bond motifs is 7. The fourth-order valence-electron chi connectivity index (χ4n) is 9.60. The predicted molar refractivity (Wildman–Crippen MR) is 305 cm³/mol. The van der Waals surface area contributed by atoms with Gasteiger partial charge in [0.05, 0.1) is 12.7 Å². The van der Waals surface area contributed by atoms with Crippen molar-refractivity contribution in [2.24, 2.45) is 7.05 Å². The van der Waals surface area contributed by atoms with Crippen molar-refractivity contribution in [1.82, 2.24) is 14.4 Å². The first kappa shape index (κ1) is 51.3. The second kappa shape index (κ2) is 23.1. The molecule has 1 aliphatic carbocycles. The van der Waals surface area contributed by atoms with Crippen molar-refractivity contribution in [3.05, 3.63) is 288 Å². The van der Waals surface area contributed by atoms with E-state index >= 15 is 0 Å². The zero-order chi connectivity index (χ0) is 54.1. The Hall–Kier alpha value is -10.2. The summed E-state index contributed by atoms with van der Waals surface area (Å²) >= 11 is 0. The van der Waals surface area contributed by atoms with E-state index in [-0.39, 0.29) is 24.1 Å². The first-order valence-electron chi connectivity index (χ1n) is 25.5. The molecule has 10 heteroatoms. The summed E-state index contributed by atoms with van der Waals surface area (Å²) in [6.07, 6.45) is 12.3. The van der Waals surface area contributed by atoms with Gasteiger partial charge >= 0.3 is 0 Å². The van der Waals surface area contributed by atoms with Crippen LogP contribution in [0.25, 0.3) is 68.2 Å². The van der Waals surface area contributed by atoms with Gasteiger partial charge in [0.1, 0.15) is 5.52 Å². The molecule has 78 heavy (non-hydrogen) atoms. The predicted octanol–water partition coefficient (Wildman–Crippen LogP) is 10.7. The summed E-state index contributed by atoms with van der Waals surface area (Å²) in [4.78, 5) is 21.9. The van der Waals surface area contributed by atoms with Gasteiger partial charge in [-0.1, -0.05) is 158 Å². The van der Waals surface area contributed by atoms with Crippen molar-refractivity contribution in [3.63, 3.8) is 0 Å². The van der Waals surface area contributed by atoms with Crippen LogP contribution in [0.15, 0.2) is 232 Å². The molecule has 0 saturated heterocycles. The van der Waals surface area contributed by atoms with Crippen molar-refractivity contribution in [2.75, 3.05) is 6.79 Å². The van der Waals surface area contributed by atoms with Crippen molar-refractivity contribution in [1.29, 1.82) is 0 Å². The molecule has 6 heterocycles. The highest BCUT2D eigenvalue weighted by Crippen LogP contribution is 2.43. The highest BCUT2D eigenvalue weighted by molar-refractivity contribution is 6.05. The number of aryl methyl sites for hydroxylation is 3. The quantitative estimate of drug-likeness (QED) is 0.0845. The number of hydrogen-bond donors (Lipinski definition) is 0. The number of pyridine rings is 3. The molecular weight excluding hydrogens is 967 g/mol. The lowest BCUT2D eigenvalue weighted by Gasteiger charge is -2.07. The van der Waals surface area contributed by atoms with Crippen LogP contribution in [0, 0.1) is 13.8 Å². The van der Waals surface area contributed by atoms with E-state index < -0.39 is 0 Å². The third kappa shape index (κ3) is 11.1. The molecule has 1 aliphatic heterocycles. The van der Waals surface area contributed by atoms with Gasteiger partial charge in [-0.05, 0) is 81.2 Å². The number of rotatable bonds is 8. The molecule has 0 unspecified atom stereocenters. The summed E-state index contributed by atoms with van der Waals surface area (Å²) in [7, 11) is 2.07. The summed E-state index contributed by atoms with van der Waals surface area (Å²) in [5.74, 6) is 2.42. The van der Waals surface area contributed by atoms with Crippen LogP contribution in [0.4, 0.5) is 0 Å². The summed E-state index contributed by atoms with van der Waals surface area (Å²) in [5, 5.41) is 22.2. The fourth-order valence-corrected chi connectivity index (χ4v) is 9.60. The summed E-state index contributed by atoms with van der Waals surface area (Å²) in [5.41, 5.74) is 16.8. The first-order valence-corrected chi connectivity index (χ1v) is 25.5. The van der Waals surface area contributed by atoms with E-state index in [0.29, 0.717) is 17.7 Å². The summed E-state index contributed by atoms with van der Waals surface area (Å²) < 4.78 is 17.4. The molecule has 0 spiro atoms. The van der Waals surface area contributed by atoms with E-state index in [1.165, 1.54) is 33.5 Å². The Balaban J connectivity index is 0.000000134. The van der Waals surface area contributed by atoms with E-state index in [1.54, 1.807) is 24.3 Å². The second-order valence-electron chi connectivity index (χ2n) is 18.7. The molecule has 0 saturated carbocycles. The van der Waals surface area contributed by atoms with Crippen LogP contribution in [0.2, 0.25) is 0 Å². The maximum atomic E-state index is 12.4. The molecular formula is C68H55N5O5. The molecule has 11 aromatic rings. The Labute approximate surface area is 453 Å². The van der Waals surface area contributed by atoms with Gasteiger partial charge in [-0.25, -0.2) is 4.57 Å². The molecule has 382 valence electrons. The Morgan fingerprint density at radius 3 is 1.85 bits per heavy atom. The molecule has 13 rings (SSSR count). The van der Waals surface area contributed by atoms with E-state index in [0.717, 1.165) is 67.0 Å². The molecule has 0 fully saturated rings. The van der Waals surface area contributed by atoms with E-state index in [1.807, 2.05) is 127 Å². The number of aromatic nitrogens is 5. The Morgan fingerprint density at radius 1 is 0.641 bits per heavy atom. The highest BCUT2D eigenvalue weighted by Gasteiger charge is 2.25. The topological polar surface area (TPSA) is 120 Å². The standard InChI is InChI=1S/C26H22N3O2.C26H19N2O.2C8H8O/c1-16-24(19-7-5-4-6-8-19)20(13-18-9-10-22-23(14-18)31-15-30-22)26-25-21(11-12-29(16)26)28(3)17(2)27-25;29-25(20-7-2-1-3-8-20)18-28-15-12-19(13-16-28)17-24-21-9-4-5-10-22(21)26-23(24)11-6-14-27-26;2*1-7(9)8-5-3-2-4-6-8/h4-14H,15H2,1-3H3;1-17H,18H2;2*2-6,9H,1H2/q2*+1;;/p-2. The third-order valence-electron chi connectivity index (χ3n) is 13.6. The highest BCUT2D eigenvalue weighted by atomic mass is 16.7. The van der Waals surface area contributed by atoms with Gasteiger partial charge in [0.2, 0.25) is 24.6 Å². The number of benzene rings is 6. The van der Waals surface area contributed by atoms with Crippen LogP contribution >= 0.6 is 0 Å². The van der Waals surface area contributed by atoms with Gasteiger partial charge in [-0.15, -0.1) is 24.7 Å². The number of carbonyl (C=O) groups is 1. The number of ketones is 1. The Morgan fingerprint density at radius 2 is 1.22 bits per heavy atom. The largest absolute Gasteiger partial charge is 0.872 e. The van der Waals surface area contributed by atoms with Gasteiger partial charge < -0.3 is 24.1 Å². The third-order valence-corrected chi connectivity index (χ3v) is 13.6. The second-order valence-corrected chi connectivity index (χ2v) is 18.7. The van der Waals surface area contributed by atoms with Gasteiger partial charge in [-0.2, -0.15) is 4.57 Å². The molecule has 2 aliphatic rings. The average molecular weight is 1020 g/mol. The normalized spacial score (nSPS) is 12.3. The summed E-state index contributed by atoms with van der Waals surface area (Å²) in [6.45, 7) is 11.4. The lowest BCUT2D eigenvalue weighted by Crippen LogP contribution is -2.37. The maximum absolute atomic E-state index is 12.4. The van der Waals surface area contributed by atoms with E-state index in [9.17, 15) is 15.0 Å². The molecule has 0 N–H and O–H groups in total. The van der Waals surface area contributed by atoms with Crippen LogP contribution in [0.5, 0.6) is 11.5 Å². The number of carbonyl (C=O) groups excluding carboxylic acids is 1. The van der Waals surface area contributed by atoms with Crippen molar-refractivity contribution in [3.8, 4) is 33.9 Å². The number of nitrogens with zero attached hydrogens (tertiary/aromatic N) is 5. The minimum absolute atomic E-state index is 0.103. The monoisotopic (exact) mass is 1020 g/mol. The van der Waals surface area contributed by atoms with Crippen LogP contribution in [0.1, 0.15) is 55.3 Å². The van der Waals surface area contributed by atoms with Crippen molar-refractivity contribution < 1.29 is 33.6 Å². The molecule has 0 radical (unpaired) electrons. The fraction of sp³-hybridized carbons (Fsp3) is 0.0735. The van der Waals surface area contributed by atoms with Gasteiger partial charge in [0.25, 0.3) is 5.82 Å². The zero-order valence-electron chi connectivity index (χ0n) is 43.5. The summed E-state index contributed by atoms with van der Waals surface area (Å²) in [6, 6.07) is 62.7.